The molecule has 4 heteroatoms. The van der Waals surface area contributed by atoms with Gasteiger partial charge >= 0.3 is 0 Å². The van der Waals surface area contributed by atoms with Crippen LogP contribution in [0.3, 0.4) is 0 Å². The Bertz CT molecular complexity index is 1010. The molecule has 1 aliphatic heterocycles. The number of fused-ring (bicyclic) bond motifs is 1. The third-order valence-electron chi connectivity index (χ3n) is 5.00. The highest BCUT2D eigenvalue weighted by molar-refractivity contribution is 9.10. The van der Waals surface area contributed by atoms with E-state index in [-0.39, 0.29) is 5.54 Å². The Labute approximate surface area is 177 Å². The monoisotopic (exact) mass is 482 g/mol. The molecular formula is C23H20Br2N2. The van der Waals surface area contributed by atoms with Crippen LogP contribution in [-0.2, 0) is 5.54 Å². The Balaban J connectivity index is 1.86. The smallest absolute Gasteiger partial charge is 0.0864 e. The molecule has 1 aliphatic rings. The van der Waals surface area contributed by atoms with Gasteiger partial charge in [0.25, 0.3) is 0 Å². The summed E-state index contributed by atoms with van der Waals surface area (Å²) >= 11 is 7.07. The molecule has 0 aromatic heterocycles. The largest absolute Gasteiger partial charge is 0.374 e. The molecule has 0 spiro atoms. The number of anilines is 1. The Hall–Kier alpha value is -1.91. The number of rotatable bonds is 2. The minimum absolute atomic E-state index is 0.258. The topological polar surface area (TPSA) is 24.4 Å². The summed E-state index contributed by atoms with van der Waals surface area (Å²) in [5, 5.41) is 3.78. The van der Waals surface area contributed by atoms with Crippen LogP contribution in [0.25, 0.3) is 0 Å². The van der Waals surface area contributed by atoms with E-state index in [1.54, 1.807) is 0 Å². The summed E-state index contributed by atoms with van der Waals surface area (Å²) in [6.07, 6.45) is 0.796. The van der Waals surface area contributed by atoms with Gasteiger partial charge in [0.2, 0.25) is 0 Å². The second kappa shape index (κ2) is 7.25. The lowest BCUT2D eigenvalue weighted by molar-refractivity contribution is 0.571. The maximum absolute atomic E-state index is 5.05. The third-order valence-corrected chi connectivity index (χ3v) is 6.06. The maximum atomic E-state index is 5.05. The van der Waals surface area contributed by atoms with Crippen LogP contribution >= 0.6 is 31.9 Å². The summed E-state index contributed by atoms with van der Waals surface area (Å²) in [5.41, 5.74) is 6.50. The van der Waals surface area contributed by atoms with E-state index in [9.17, 15) is 0 Å². The highest BCUT2D eigenvalue weighted by atomic mass is 79.9. The quantitative estimate of drug-likeness (QED) is 0.404. The lowest BCUT2D eigenvalue weighted by atomic mass is 9.85. The maximum Gasteiger partial charge on any atom is 0.0864 e. The second-order valence-electron chi connectivity index (χ2n) is 7.23. The van der Waals surface area contributed by atoms with Crippen LogP contribution in [0.1, 0.15) is 30.0 Å². The summed E-state index contributed by atoms with van der Waals surface area (Å²) < 4.78 is 2.16. The van der Waals surface area contributed by atoms with E-state index in [4.69, 9.17) is 4.99 Å². The fourth-order valence-corrected chi connectivity index (χ4v) is 4.04. The standard InChI is InChI=1S/C23H20Br2N2/c1-15-3-12-20-21(13-15)27-23(2,17-6-10-19(25)11-7-17)14-22(26-20)16-4-8-18(24)9-5-16/h3-13,27H,14H2,1-2H3. The van der Waals surface area contributed by atoms with E-state index in [1.807, 2.05) is 0 Å². The molecule has 1 N–H and O–H groups in total. The number of benzene rings is 3. The van der Waals surface area contributed by atoms with E-state index in [0.29, 0.717) is 0 Å². The number of hydrogen-bond acceptors (Lipinski definition) is 2. The van der Waals surface area contributed by atoms with Gasteiger partial charge in [0, 0.05) is 15.4 Å². The van der Waals surface area contributed by atoms with Crippen molar-refractivity contribution in [3.05, 3.63) is 92.4 Å². The molecule has 27 heavy (non-hydrogen) atoms. The van der Waals surface area contributed by atoms with Gasteiger partial charge in [0.15, 0.2) is 0 Å². The van der Waals surface area contributed by atoms with Crippen molar-refractivity contribution in [3.8, 4) is 0 Å². The third kappa shape index (κ3) is 3.87. The van der Waals surface area contributed by atoms with Gasteiger partial charge in [-0.25, -0.2) is 0 Å². The SMILES string of the molecule is Cc1ccc2c(c1)NC(C)(c1ccc(Br)cc1)CC(c1ccc(Br)cc1)=N2. The molecule has 3 aromatic rings. The van der Waals surface area contributed by atoms with E-state index in [1.165, 1.54) is 11.1 Å². The van der Waals surface area contributed by atoms with E-state index < -0.39 is 0 Å². The molecule has 1 heterocycles. The zero-order valence-corrected chi connectivity index (χ0v) is 18.4. The van der Waals surface area contributed by atoms with Gasteiger partial charge in [-0.3, -0.25) is 4.99 Å². The van der Waals surface area contributed by atoms with E-state index in [2.05, 4.69) is 118 Å². The molecule has 0 bridgehead atoms. The molecule has 136 valence electrons. The number of nitrogens with zero attached hydrogens (tertiary/aromatic N) is 1. The van der Waals surface area contributed by atoms with Gasteiger partial charge < -0.3 is 5.32 Å². The Kier molecular flexibility index (Phi) is 4.95. The minimum atomic E-state index is -0.258. The number of halogens is 2. The lowest BCUT2D eigenvalue weighted by Gasteiger charge is -2.32. The lowest BCUT2D eigenvalue weighted by Crippen LogP contribution is -2.33. The molecule has 4 rings (SSSR count). The van der Waals surface area contributed by atoms with Crippen molar-refractivity contribution < 1.29 is 0 Å². The molecule has 2 nitrogen and oxygen atoms in total. The van der Waals surface area contributed by atoms with Crippen LogP contribution in [0.15, 0.2) is 80.7 Å². The average molecular weight is 484 g/mol. The molecular weight excluding hydrogens is 464 g/mol. The highest BCUT2D eigenvalue weighted by Gasteiger charge is 2.32. The molecule has 0 saturated heterocycles. The summed E-state index contributed by atoms with van der Waals surface area (Å²) in [5.74, 6) is 0. The fourth-order valence-electron chi connectivity index (χ4n) is 3.51. The molecule has 0 amide bonds. The van der Waals surface area contributed by atoms with Gasteiger partial charge in [-0.1, -0.05) is 62.2 Å². The van der Waals surface area contributed by atoms with Gasteiger partial charge in [0.05, 0.1) is 22.6 Å². The number of nitrogens with one attached hydrogen (secondary N) is 1. The van der Waals surface area contributed by atoms with Crippen LogP contribution in [0, 0.1) is 6.92 Å². The average Bonchev–Trinajstić information content (AvgIpc) is 2.79. The summed E-state index contributed by atoms with van der Waals surface area (Å²) in [4.78, 5) is 5.05. The van der Waals surface area contributed by atoms with Crippen molar-refractivity contribution in [1.29, 1.82) is 0 Å². The van der Waals surface area contributed by atoms with Crippen LogP contribution in [0.4, 0.5) is 11.4 Å². The first-order valence-electron chi connectivity index (χ1n) is 8.91. The zero-order valence-electron chi connectivity index (χ0n) is 15.3. The fraction of sp³-hybridized carbons (Fsp3) is 0.174. The van der Waals surface area contributed by atoms with Crippen LogP contribution < -0.4 is 5.32 Å². The second-order valence-corrected chi connectivity index (χ2v) is 9.06. The van der Waals surface area contributed by atoms with Crippen molar-refractivity contribution in [2.45, 2.75) is 25.8 Å². The van der Waals surface area contributed by atoms with Crippen LogP contribution in [0.5, 0.6) is 0 Å². The minimum Gasteiger partial charge on any atom is -0.374 e. The van der Waals surface area contributed by atoms with Crippen molar-refractivity contribution in [3.63, 3.8) is 0 Å². The molecule has 0 fully saturated rings. The van der Waals surface area contributed by atoms with Gasteiger partial charge in [0.1, 0.15) is 0 Å². The molecule has 1 unspecified atom stereocenters. The predicted octanol–water partition coefficient (Wildman–Crippen LogP) is 7.37. The van der Waals surface area contributed by atoms with Crippen LogP contribution in [0.2, 0.25) is 0 Å². The summed E-state index contributed by atoms with van der Waals surface area (Å²) in [7, 11) is 0. The van der Waals surface area contributed by atoms with E-state index in [0.717, 1.165) is 38.0 Å². The first-order valence-corrected chi connectivity index (χ1v) is 10.5. The molecule has 0 aliphatic carbocycles. The normalized spacial score (nSPS) is 18.9. The number of hydrogen-bond donors (Lipinski definition) is 1. The highest BCUT2D eigenvalue weighted by Crippen LogP contribution is 2.39. The van der Waals surface area contributed by atoms with Crippen molar-refractivity contribution in [2.24, 2.45) is 4.99 Å². The number of aliphatic imine (C=N–C) groups is 1. The van der Waals surface area contributed by atoms with Crippen molar-refractivity contribution >= 4 is 48.9 Å². The zero-order chi connectivity index (χ0) is 19.0. The van der Waals surface area contributed by atoms with Gasteiger partial charge in [-0.2, -0.15) is 0 Å². The van der Waals surface area contributed by atoms with Gasteiger partial charge in [-0.05, 0) is 66.9 Å². The Morgan fingerprint density at radius 1 is 0.889 bits per heavy atom. The Morgan fingerprint density at radius 3 is 2.19 bits per heavy atom. The van der Waals surface area contributed by atoms with E-state index >= 15 is 0 Å². The van der Waals surface area contributed by atoms with Gasteiger partial charge in [-0.15, -0.1) is 0 Å². The molecule has 0 radical (unpaired) electrons. The first-order chi connectivity index (χ1) is 12.9. The van der Waals surface area contributed by atoms with Crippen molar-refractivity contribution in [2.75, 3.05) is 5.32 Å². The molecule has 0 saturated carbocycles. The molecule has 3 aromatic carbocycles. The Morgan fingerprint density at radius 2 is 1.52 bits per heavy atom. The van der Waals surface area contributed by atoms with Crippen LogP contribution in [-0.4, -0.2) is 5.71 Å². The van der Waals surface area contributed by atoms with Crippen molar-refractivity contribution in [1.82, 2.24) is 0 Å². The summed E-state index contributed by atoms with van der Waals surface area (Å²) in [6, 6.07) is 23.4. The summed E-state index contributed by atoms with van der Waals surface area (Å²) in [6.45, 7) is 4.37. The first kappa shape index (κ1) is 18.5. The number of aryl methyl sites for hydroxylation is 1. The molecule has 1 atom stereocenters. The predicted molar refractivity (Wildman–Crippen MR) is 121 cm³/mol.